The lowest BCUT2D eigenvalue weighted by molar-refractivity contribution is 0.668. The summed E-state index contributed by atoms with van der Waals surface area (Å²) in [7, 11) is 0. The lowest BCUT2D eigenvalue weighted by atomic mass is 9.97. The molecule has 0 aliphatic heterocycles. The van der Waals surface area contributed by atoms with E-state index in [9.17, 15) is 0 Å². The molecule has 0 atom stereocenters. The second-order valence-electron chi connectivity index (χ2n) is 11.4. The summed E-state index contributed by atoms with van der Waals surface area (Å²) in [6.07, 6.45) is 1.75. The van der Waals surface area contributed by atoms with Gasteiger partial charge < -0.3 is 8.83 Å². The minimum atomic E-state index is 0.471. The minimum Gasteiger partial charge on any atom is -0.456 e. The molecule has 0 N–H and O–H groups in total. The van der Waals surface area contributed by atoms with Crippen LogP contribution in [0.5, 0.6) is 0 Å². The second kappa shape index (κ2) is 9.55. The fourth-order valence-electron chi connectivity index (χ4n) is 6.76. The first-order chi connectivity index (χ1) is 22.8. The Morgan fingerprint density at radius 2 is 0.957 bits per heavy atom. The molecule has 46 heavy (non-hydrogen) atoms. The van der Waals surface area contributed by atoms with Crippen LogP contribution in [0, 0.1) is 0 Å². The maximum absolute atomic E-state index is 6.25. The molecule has 0 aliphatic rings. The van der Waals surface area contributed by atoms with Crippen LogP contribution in [0.25, 0.3) is 99.7 Å². The standard InChI is InChI=1S/C40H22N4O2/c1-2-11-24-23(10-1)22-30(26-13-4-3-12-25(24)26)39-42-38(29-16-9-19-33-35(29)27-14-5-7-17-31(27)45-33)43-40(44-39)37-36-28-15-6-8-18-32(28)46-34(36)20-21-41-37/h1-22H. The molecule has 6 aromatic carbocycles. The second-order valence-corrected chi connectivity index (χ2v) is 11.4. The highest BCUT2D eigenvalue weighted by Crippen LogP contribution is 2.40. The van der Waals surface area contributed by atoms with E-state index in [0.29, 0.717) is 23.2 Å². The lowest BCUT2D eigenvalue weighted by Crippen LogP contribution is -2.02. The quantitative estimate of drug-likeness (QED) is 0.191. The van der Waals surface area contributed by atoms with E-state index in [0.717, 1.165) is 71.2 Å². The van der Waals surface area contributed by atoms with Gasteiger partial charge in [-0.1, -0.05) is 97.1 Å². The van der Waals surface area contributed by atoms with Crippen LogP contribution in [0.4, 0.5) is 0 Å². The molecule has 10 aromatic rings. The van der Waals surface area contributed by atoms with Crippen molar-refractivity contribution in [1.82, 2.24) is 19.9 Å². The van der Waals surface area contributed by atoms with Gasteiger partial charge in [0, 0.05) is 33.5 Å². The van der Waals surface area contributed by atoms with Crippen molar-refractivity contribution in [2.45, 2.75) is 0 Å². The molecule has 10 rings (SSSR count). The summed E-state index contributed by atoms with van der Waals surface area (Å²) in [5.74, 6) is 1.58. The number of aromatic nitrogens is 4. The van der Waals surface area contributed by atoms with E-state index >= 15 is 0 Å². The molecule has 214 valence electrons. The van der Waals surface area contributed by atoms with Crippen molar-refractivity contribution in [1.29, 1.82) is 0 Å². The van der Waals surface area contributed by atoms with Gasteiger partial charge in [-0.25, -0.2) is 15.0 Å². The average Bonchev–Trinajstić information content (AvgIpc) is 3.70. The van der Waals surface area contributed by atoms with Crippen LogP contribution in [-0.2, 0) is 0 Å². The number of nitrogens with zero attached hydrogens (tertiary/aromatic N) is 4. The van der Waals surface area contributed by atoms with Gasteiger partial charge in [0.1, 0.15) is 28.0 Å². The van der Waals surface area contributed by atoms with E-state index in [1.807, 2.05) is 66.7 Å². The molecule has 6 heteroatoms. The van der Waals surface area contributed by atoms with Gasteiger partial charge in [-0.2, -0.15) is 0 Å². The molecule has 4 aromatic heterocycles. The molecule has 0 bridgehead atoms. The van der Waals surface area contributed by atoms with Crippen molar-refractivity contribution < 1.29 is 8.83 Å². The van der Waals surface area contributed by atoms with Gasteiger partial charge in [0.05, 0.1) is 5.39 Å². The molecular formula is C40H22N4O2. The Hall–Kier alpha value is -6.40. The highest BCUT2D eigenvalue weighted by atomic mass is 16.3. The molecule has 0 unspecified atom stereocenters. The number of pyridine rings is 1. The van der Waals surface area contributed by atoms with Crippen LogP contribution in [0.2, 0.25) is 0 Å². The van der Waals surface area contributed by atoms with Crippen molar-refractivity contribution in [3.63, 3.8) is 0 Å². The Kier molecular flexibility index (Phi) is 5.19. The first kappa shape index (κ1) is 25.0. The third-order valence-electron chi connectivity index (χ3n) is 8.79. The van der Waals surface area contributed by atoms with Crippen LogP contribution in [0.1, 0.15) is 0 Å². The first-order valence-corrected chi connectivity index (χ1v) is 15.1. The Labute approximate surface area is 261 Å². The predicted octanol–water partition coefficient (Wildman–Crippen LogP) is 10.4. The molecule has 0 radical (unpaired) electrons. The van der Waals surface area contributed by atoms with Gasteiger partial charge in [-0.3, -0.25) is 4.98 Å². The van der Waals surface area contributed by atoms with E-state index in [-0.39, 0.29) is 0 Å². The zero-order valence-electron chi connectivity index (χ0n) is 24.3. The molecule has 0 aliphatic carbocycles. The Morgan fingerprint density at radius 1 is 0.391 bits per heavy atom. The van der Waals surface area contributed by atoms with E-state index in [4.69, 9.17) is 28.8 Å². The Morgan fingerprint density at radius 3 is 1.74 bits per heavy atom. The van der Waals surface area contributed by atoms with Crippen LogP contribution < -0.4 is 0 Å². The average molecular weight is 591 g/mol. The summed E-state index contributed by atoms with van der Waals surface area (Å²) in [6, 6.07) is 43.0. The highest BCUT2D eigenvalue weighted by molar-refractivity contribution is 6.15. The molecule has 0 saturated carbocycles. The third kappa shape index (κ3) is 3.64. The smallest absolute Gasteiger partial charge is 0.183 e. The number of hydrogen-bond acceptors (Lipinski definition) is 6. The number of rotatable bonds is 3. The van der Waals surface area contributed by atoms with Gasteiger partial charge >= 0.3 is 0 Å². The summed E-state index contributed by atoms with van der Waals surface area (Å²) in [6.45, 7) is 0. The molecule has 0 saturated heterocycles. The largest absolute Gasteiger partial charge is 0.456 e. The topological polar surface area (TPSA) is 77.8 Å². The Bertz CT molecular complexity index is 2700. The highest BCUT2D eigenvalue weighted by Gasteiger charge is 2.22. The number of benzene rings is 6. The summed E-state index contributed by atoms with van der Waals surface area (Å²) >= 11 is 0. The fourth-order valence-corrected chi connectivity index (χ4v) is 6.76. The normalized spacial score (nSPS) is 11.9. The Balaban J connectivity index is 1.33. The summed E-state index contributed by atoms with van der Waals surface area (Å²) in [4.78, 5) is 20.4. The van der Waals surface area contributed by atoms with E-state index < -0.39 is 0 Å². The predicted molar refractivity (Wildman–Crippen MR) is 183 cm³/mol. The molecule has 0 spiro atoms. The summed E-state index contributed by atoms with van der Waals surface area (Å²) in [5, 5.41) is 8.31. The fraction of sp³-hybridized carbons (Fsp3) is 0. The molecule has 4 heterocycles. The molecular weight excluding hydrogens is 568 g/mol. The van der Waals surface area contributed by atoms with Gasteiger partial charge in [0.15, 0.2) is 17.5 Å². The van der Waals surface area contributed by atoms with Crippen LogP contribution >= 0.6 is 0 Å². The zero-order chi connectivity index (χ0) is 30.2. The first-order valence-electron chi connectivity index (χ1n) is 15.1. The van der Waals surface area contributed by atoms with Crippen molar-refractivity contribution in [3.8, 4) is 34.3 Å². The zero-order valence-corrected chi connectivity index (χ0v) is 24.3. The third-order valence-corrected chi connectivity index (χ3v) is 8.79. The maximum atomic E-state index is 6.25. The number of hydrogen-bond donors (Lipinski definition) is 0. The van der Waals surface area contributed by atoms with E-state index in [1.54, 1.807) is 6.20 Å². The van der Waals surface area contributed by atoms with Gasteiger partial charge in [0.2, 0.25) is 0 Å². The monoisotopic (exact) mass is 590 g/mol. The van der Waals surface area contributed by atoms with Crippen LogP contribution in [0.15, 0.2) is 142 Å². The molecule has 6 nitrogen and oxygen atoms in total. The van der Waals surface area contributed by atoms with Crippen molar-refractivity contribution in [2.24, 2.45) is 0 Å². The van der Waals surface area contributed by atoms with Crippen molar-refractivity contribution >= 4 is 65.4 Å². The minimum absolute atomic E-state index is 0.471. The van der Waals surface area contributed by atoms with E-state index in [2.05, 4.69) is 60.7 Å². The molecule has 0 amide bonds. The van der Waals surface area contributed by atoms with Crippen LogP contribution in [0.3, 0.4) is 0 Å². The number of para-hydroxylation sites is 2. The maximum Gasteiger partial charge on any atom is 0.183 e. The van der Waals surface area contributed by atoms with Gasteiger partial charge in [0.25, 0.3) is 0 Å². The van der Waals surface area contributed by atoms with E-state index in [1.165, 1.54) is 5.39 Å². The summed E-state index contributed by atoms with van der Waals surface area (Å²) in [5.41, 5.74) is 5.54. The van der Waals surface area contributed by atoms with Crippen molar-refractivity contribution in [2.75, 3.05) is 0 Å². The number of fused-ring (bicyclic) bond motifs is 9. The lowest BCUT2D eigenvalue weighted by Gasteiger charge is -2.13. The summed E-state index contributed by atoms with van der Waals surface area (Å²) < 4.78 is 12.5. The van der Waals surface area contributed by atoms with Crippen LogP contribution in [-0.4, -0.2) is 19.9 Å². The molecule has 0 fully saturated rings. The SMILES string of the molecule is c1ccc2c(c1)cc(-c1nc(-c3cccc4oc5ccccc5c34)nc(-c3nccc4oc5ccccc5c34)n1)c1ccccc12. The van der Waals surface area contributed by atoms with Gasteiger partial charge in [-0.05, 0) is 51.9 Å². The number of furan rings is 2. The van der Waals surface area contributed by atoms with Crippen molar-refractivity contribution in [3.05, 3.63) is 134 Å². The van der Waals surface area contributed by atoms with Gasteiger partial charge in [-0.15, -0.1) is 0 Å².